The first-order valence-electron chi connectivity index (χ1n) is 8.07. The van der Waals surface area contributed by atoms with Crippen LogP contribution >= 0.6 is 11.8 Å². The van der Waals surface area contributed by atoms with Gasteiger partial charge in [-0.05, 0) is 31.5 Å². The number of nitrogens with zero attached hydrogens (tertiary/aromatic N) is 2. The van der Waals surface area contributed by atoms with Crippen LogP contribution in [0.25, 0.3) is 10.9 Å². The molecule has 1 fully saturated rings. The lowest BCUT2D eigenvalue weighted by molar-refractivity contribution is -0.134. The predicted molar refractivity (Wildman–Crippen MR) is 95.8 cm³/mol. The molecule has 0 radical (unpaired) electrons. The van der Waals surface area contributed by atoms with E-state index in [-0.39, 0.29) is 11.2 Å². The molecular weight excluding hydrogens is 324 g/mol. The maximum Gasteiger partial charge on any atom is 0.235 e. The number of hydrogen-bond acceptors (Lipinski definition) is 5. The summed E-state index contributed by atoms with van der Waals surface area (Å²) < 4.78 is 10.7. The fraction of sp³-hybridized carbons (Fsp3) is 0.444. The van der Waals surface area contributed by atoms with Crippen LogP contribution in [0.15, 0.2) is 29.3 Å². The lowest BCUT2D eigenvalue weighted by Gasteiger charge is -2.29. The van der Waals surface area contributed by atoms with Crippen LogP contribution in [0.3, 0.4) is 0 Å². The van der Waals surface area contributed by atoms with Gasteiger partial charge in [-0.2, -0.15) is 0 Å². The van der Waals surface area contributed by atoms with Gasteiger partial charge < -0.3 is 14.4 Å². The molecule has 0 aliphatic carbocycles. The molecule has 2 heterocycles. The lowest BCUT2D eigenvalue weighted by Crippen LogP contribution is -2.44. The van der Waals surface area contributed by atoms with Gasteiger partial charge in [0.1, 0.15) is 11.3 Å². The minimum absolute atomic E-state index is 0.142. The predicted octanol–water partition coefficient (Wildman–Crippen LogP) is 2.89. The molecule has 1 aromatic carbocycles. The van der Waals surface area contributed by atoms with Gasteiger partial charge in [-0.25, -0.2) is 4.98 Å². The first-order valence-corrected chi connectivity index (χ1v) is 8.95. The van der Waals surface area contributed by atoms with Crippen molar-refractivity contribution in [2.75, 3.05) is 33.4 Å². The highest BCUT2D eigenvalue weighted by Gasteiger charge is 2.24. The summed E-state index contributed by atoms with van der Waals surface area (Å²) in [5.74, 6) is 0.896. The van der Waals surface area contributed by atoms with Gasteiger partial charge in [0.15, 0.2) is 0 Å². The average Bonchev–Trinajstić information content (AvgIpc) is 2.61. The van der Waals surface area contributed by atoms with Crippen LogP contribution in [0.5, 0.6) is 5.75 Å². The molecule has 0 bridgehead atoms. The quantitative estimate of drug-likeness (QED) is 0.797. The Labute approximate surface area is 146 Å². The molecule has 6 heteroatoms. The standard InChI is InChI=1S/C18H22N2O3S/c1-12-11-16(19-17-14(12)5-4-6-15(17)22-3)24-13(2)18(21)20-7-9-23-10-8-20/h4-6,11,13H,7-10H2,1-3H3. The van der Waals surface area contributed by atoms with Crippen molar-refractivity contribution in [1.29, 1.82) is 0 Å². The second-order valence-electron chi connectivity index (χ2n) is 5.83. The molecule has 2 aromatic rings. The van der Waals surface area contributed by atoms with Gasteiger partial charge in [-0.15, -0.1) is 0 Å². The Morgan fingerprint density at radius 2 is 2.12 bits per heavy atom. The van der Waals surface area contributed by atoms with Crippen LogP contribution < -0.4 is 4.74 Å². The van der Waals surface area contributed by atoms with Crippen molar-refractivity contribution in [2.45, 2.75) is 24.1 Å². The monoisotopic (exact) mass is 346 g/mol. The van der Waals surface area contributed by atoms with Crippen LogP contribution in [0, 0.1) is 6.92 Å². The molecule has 128 valence electrons. The van der Waals surface area contributed by atoms with Crippen molar-refractivity contribution in [1.82, 2.24) is 9.88 Å². The van der Waals surface area contributed by atoms with E-state index in [1.165, 1.54) is 11.8 Å². The number of para-hydroxylation sites is 1. The highest BCUT2D eigenvalue weighted by atomic mass is 32.2. The molecule has 24 heavy (non-hydrogen) atoms. The van der Waals surface area contributed by atoms with Crippen LogP contribution in [0.2, 0.25) is 0 Å². The van der Waals surface area contributed by atoms with Gasteiger partial charge in [0.05, 0.1) is 30.6 Å². The molecule has 1 saturated heterocycles. The summed E-state index contributed by atoms with van der Waals surface area (Å²) in [6, 6.07) is 7.95. The SMILES string of the molecule is COc1cccc2c(C)cc(SC(C)C(=O)N3CCOCC3)nc12. The van der Waals surface area contributed by atoms with Crippen LogP contribution in [-0.4, -0.2) is 54.5 Å². The zero-order valence-electron chi connectivity index (χ0n) is 14.2. The number of aromatic nitrogens is 1. The van der Waals surface area contributed by atoms with Crippen molar-refractivity contribution >= 4 is 28.6 Å². The van der Waals surface area contributed by atoms with Crippen LogP contribution in [0.1, 0.15) is 12.5 Å². The summed E-state index contributed by atoms with van der Waals surface area (Å²) in [6.45, 7) is 6.57. The van der Waals surface area contributed by atoms with E-state index in [4.69, 9.17) is 14.5 Å². The zero-order valence-corrected chi connectivity index (χ0v) is 15.1. The van der Waals surface area contributed by atoms with E-state index in [1.54, 1.807) is 7.11 Å². The molecule has 1 atom stereocenters. The molecule has 3 rings (SSSR count). The highest BCUT2D eigenvalue weighted by Crippen LogP contribution is 2.31. The molecule has 1 aromatic heterocycles. The topological polar surface area (TPSA) is 51.7 Å². The number of benzene rings is 1. The summed E-state index contributed by atoms with van der Waals surface area (Å²) in [7, 11) is 1.65. The first-order chi connectivity index (χ1) is 11.6. The second-order valence-corrected chi connectivity index (χ2v) is 7.19. The van der Waals surface area contributed by atoms with E-state index in [9.17, 15) is 4.79 Å². The molecule has 1 aliphatic rings. The Hall–Kier alpha value is -1.79. The lowest BCUT2D eigenvalue weighted by atomic mass is 10.1. The van der Waals surface area contributed by atoms with Crippen molar-refractivity contribution in [3.8, 4) is 5.75 Å². The number of aryl methyl sites for hydroxylation is 1. The van der Waals surface area contributed by atoms with Crippen molar-refractivity contribution < 1.29 is 14.3 Å². The fourth-order valence-electron chi connectivity index (χ4n) is 2.86. The molecule has 1 unspecified atom stereocenters. The number of rotatable bonds is 4. The van der Waals surface area contributed by atoms with Crippen LogP contribution in [0.4, 0.5) is 0 Å². The van der Waals surface area contributed by atoms with Gasteiger partial charge in [0.2, 0.25) is 5.91 Å². The minimum Gasteiger partial charge on any atom is -0.494 e. The molecule has 0 N–H and O–H groups in total. The summed E-state index contributed by atoms with van der Waals surface area (Å²) >= 11 is 1.49. The van der Waals surface area contributed by atoms with Gasteiger partial charge >= 0.3 is 0 Å². The Balaban J connectivity index is 1.82. The summed E-state index contributed by atoms with van der Waals surface area (Å²) in [5.41, 5.74) is 1.97. The van der Waals surface area contributed by atoms with E-state index >= 15 is 0 Å². The third kappa shape index (κ3) is 3.49. The number of methoxy groups -OCH3 is 1. The van der Waals surface area contributed by atoms with Gasteiger partial charge in [-0.3, -0.25) is 4.79 Å². The minimum atomic E-state index is -0.179. The molecule has 0 saturated carbocycles. The molecule has 0 spiro atoms. The maximum atomic E-state index is 12.6. The number of morpholine rings is 1. The van der Waals surface area contributed by atoms with E-state index in [0.717, 1.165) is 27.2 Å². The Morgan fingerprint density at radius 3 is 2.83 bits per heavy atom. The first kappa shape index (κ1) is 17.0. The zero-order chi connectivity index (χ0) is 17.1. The number of carbonyl (C=O) groups is 1. The average molecular weight is 346 g/mol. The van der Waals surface area contributed by atoms with Crippen molar-refractivity contribution in [2.24, 2.45) is 0 Å². The number of fused-ring (bicyclic) bond motifs is 1. The Bertz CT molecular complexity index is 744. The van der Waals surface area contributed by atoms with Crippen molar-refractivity contribution in [3.63, 3.8) is 0 Å². The van der Waals surface area contributed by atoms with E-state index in [1.807, 2.05) is 36.1 Å². The fourth-order valence-corrected chi connectivity index (χ4v) is 3.86. The van der Waals surface area contributed by atoms with Gasteiger partial charge in [-0.1, -0.05) is 23.9 Å². The summed E-state index contributed by atoms with van der Waals surface area (Å²) in [4.78, 5) is 19.2. The normalized spacial score (nSPS) is 16.2. The number of amides is 1. The van der Waals surface area contributed by atoms with E-state index in [0.29, 0.717) is 26.3 Å². The van der Waals surface area contributed by atoms with E-state index < -0.39 is 0 Å². The van der Waals surface area contributed by atoms with Crippen LogP contribution in [-0.2, 0) is 9.53 Å². The van der Waals surface area contributed by atoms with Crippen molar-refractivity contribution in [3.05, 3.63) is 29.8 Å². The molecule has 5 nitrogen and oxygen atoms in total. The highest BCUT2D eigenvalue weighted by molar-refractivity contribution is 8.00. The number of hydrogen-bond donors (Lipinski definition) is 0. The Kier molecular flexibility index (Phi) is 5.26. The van der Waals surface area contributed by atoms with E-state index in [2.05, 4.69) is 6.92 Å². The molecular formula is C18H22N2O3S. The third-order valence-corrected chi connectivity index (χ3v) is 5.18. The van der Waals surface area contributed by atoms with Gasteiger partial charge in [0, 0.05) is 18.5 Å². The number of ether oxygens (including phenoxy) is 2. The largest absolute Gasteiger partial charge is 0.494 e. The molecule has 1 amide bonds. The number of pyridine rings is 1. The molecule has 1 aliphatic heterocycles. The third-order valence-electron chi connectivity index (χ3n) is 4.17. The number of thioether (sulfide) groups is 1. The smallest absolute Gasteiger partial charge is 0.235 e. The maximum absolute atomic E-state index is 12.6. The van der Waals surface area contributed by atoms with Gasteiger partial charge in [0.25, 0.3) is 0 Å². The Morgan fingerprint density at radius 1 is 1.38 bits per heavy atom. The summed E-state index contributed by atoms with van der Waals surface area (Å²) in [5, 5.41) is 1.74. The summed E-state index contributed by atoms with van der Waals surface area (Å²) in [6.07, 6.45) is 0. The second kappa shape index (κ2) is 7.40. The number of carbonyl (C=O) groups excluding carboxylic acids is 1.